The summed E-state index contributed by atoms with van der Waals surface area (Å²) in [4.78, 5) is 30.9. The summed E-state index contributed by atoms with van der Waals surface area (Å²) in [6.07, 6.45) is 6.79. The predicted molar refractivity (Wildman–Crippen MR) is 100 cm³/mol. The molecular weight excluding hydrogens is 360 g/mol. The molecule has 0 spiro atoms. The summed E-state index contributed by atoms with van der Waals surface area (Å²) in [5.41, 5.74) is 1.89. The van der Waals surface area contributed by atoms with Crippen molar-refractivity contribution in [3.05, 3.63) is 84.4 Å². The van der Waals surface area contributed by atoms with Crippen molar-refractivity contribution in [1.82, 2.24) is 19.1 Å². The Morgan fingerprint density at radius 3 is 1.32 bits per heavy atom. The first-order chi connectivity index (χ1) is 13.5. The van der Waals surface area contributed by atoms with Crippen LogP contribution in [0.5, 0.6) is 0 Å². The second kappa shape index (κ2) is 6.84. The Bertz CT molecular complexity index is 1060. The number of carboxylic acid groups (broad SMARTS) is 2. The van der Waals surface area contributed by atoms with Crippen LogP contribution in [0.15, 0.2) is 73.3 Å². The molecule has 0 bridgehead atoms. The Morgan fingerprint density at radius 2 is 1.00 bits per heavy atom. The van der Waals surface area contributed by atoms with Gasteiger partial charge in [-0.3, -0.25) is 9.13 Å². The first-order valence-electron chi connectivity index (χ1n) is 8.29. The lowest BCUT2D eigenvalue weighted by Crippen LogP contribution is -2.04. The number of aromatic carboxylic acids is 2. The molecule has 0 atom stereocenters. The van der Waals surface area contributed by atoms with Crippen LogP contribution < -0.4 is 0 Å². The number of nitrogens with zero attached hydrogens (tertiary/aromatic N) is 4. The standard InChI is InChI=1S/C20H14N4O4/c25-19(26)13-1-5-15(6-2-13)23-11-9-21-17(23)18-22-10-12-24(18)16-7-3-14(4-8-16)20(27)28/h1-12H,(H,25,26)(H,27,28). The van der Waals surface area contributed by atoms with Crippen molar-refractivity contribution >= 4 is 11.9 Å². The Kier molecular flexibility index (Phi) is 4.21. The van der Waals surface area contributed by atoms with Crippen molar-refractivity contribution in [2.45, 2.75) is 0 Å². The van der Waals surface area contributed by atoms with Crippen molar-refractivity contribution in [1.29, 1.82) is 0 Å². The molecule has 0 aliphatic rings. The summed E-state index contributed by atoms with van der Waals surface area (Å²) in [5.74, 6) is -0.846. The van der Waals surface area contributed by atoms with E-state index in [2.05, 4.69) is 9.97 Å². The highest BCUT2D eigenvalue weighted by molar-refractivity contribution is 5.88. The molecule has 0 fully saturated rings. The maximum Gasteiger partial charge on any atom is 0.335 e. The average molecular weight is 374 g/mol. The van der Waals surface area contributed by atoms with Crippen LogP contribution in [0, 0.1) is 0 Å². The van der Waals surface area contributed by atoms with E-state index < -0.39 is 11.9 Å². The van der Waals surface area contributed by atoms with Crippen LogP contribution in [0.2, 0.25) is 0 Å². The van der Waals surface area contributed by atoms with Crippen molar-refractivity contribution in [2.24, 2.45) is 0 Å². The van der Waals surface area contributed by atoms with E-state index in [-0.39, 0.29) is 11.1 Å². The van der Waals surface area contributed by atoms with Gasteiger partial charge in [0.1, 0.15) is 0 Å². The smallest absolute Gasteiger partial charge is 0.335 e. The largest absolute Gasteiger partial charge is 0.478 e. The van der Waals surface area contributed by atoms with Crippen LogP contribution in [0.4, 0.5) is 0 Å². The molecule has 8 heteroatoms. The Hall–Kier alpha value is -4.20. The first kappa shape index (κ1) is 17.2. The van der Waals surface area contributed by atoms with Gasteiger partial charge in [-0.15, -0.1) is 0 Å². The van der Waals surface area contributed by atoms with E-state index in [4.69, 9.17) is 10.2 Å². The highest BCUT2D eigenvalue weighted by atomic mass is 16.4. The van der Waals surface area contributed by atoms with E-state index >= 15 is 0 Å². The minimum Gasteiger partial charge on any atom is -0.478 e. The molecule has 138 valence electrons. The lowest BCUT2D eigenvalue weighted by molar-refractivity contribution is 0.0686. The zero-order valence-electron chi connectivity index (χ0n) is 14.4. The molecule has 4 aromatic rings. The summed E-state index contributed by atoms with van der Waals surface area (Å²) >= 11 is 0. The number of carbonyl (C=O) groups is 2. The Labute approximate surface area is 159 Å². The van der Waals surface area contributed by atoms with Gasteiger partial charge < -0.3 is 10.2 Å². The van der Waals surface area contributed by atoms with Gasteiger partial charge in [0.05, 0.1) is 11.1 Å². The van der Waals surface area contributed by atoms with Gasteiger partial charge in [0.2, 0.25) is 0 Å². The summed E-state index contributed by atoms with van der Waals surface area (Å²) in [6.45, 7) is 0. The zero-order valence-corrected chi connectivity index (χ0v) is 14.4. The number of rotatable bonds is 5. The van der Waals surface area contributed by atoms with Gasteiger partial charge in [-0.2, -0.15) is 0 Å². The summed E-state index contributed by atoms with van der Waals surface area (Å²) < 4.78 is 3.60. The number of carboxylic acids is 2. The average Bonchev–Trinajstić information content (AvgIpc) is 3.37. The second-order valence-corrected chi connectivity index (χ2v) is 5.95. The fraction of sp³-hybridized carbons (Fsp3) is 0. The van der Waals surface area contributed by atoms with Crippen LogP contribution in [0.1, 0.15) is 20.7 Å². The molecule has 2 heterocycles. The zero-order chi connectivity index (χ0) is 19.7. The van der Waals surface area contributed by atoms with Crippen molar-refractivity contribution in [3.8, 4) is 23.0 Å². The van der Waals surface area contributed by atoms with Crippen LogP contribution >= 0.6 is 0 Å². The highest BCUT2D eigenvalue weighted by Crippen LogP contribution is 2.23. The van der Waals surface area contributed by atoms with E-state index in [1.165, 1.54) is 24.3 Å². The molecule has 2 aromatic heterocycles. The molecular formula is C20H14N4O4. The lowest BCUT2D eigenvalue weighted by Gasteiger charge is -2.11. The summed E-state index contributed by atoms with van der Waals surface area (Å²) in [7, 11) is 0. The lowest BCUT2D eigenvalue weighted by atomic mass is 10.2. The minimum atomic E-state index is -0.988. The van der Waals surface area contributed by atoms with E-state index in [0.29, 0.717) is 11.6 Å². The van der Waals surface area contributed by atoms with Gasteiger partial charge in [0, 0.05) is 36.2 Å². The van der Waals surface area contributed by atoms with Crippen LogP contribution in [-0.2, 0) is 0 Å². The molecule has 0 amide bonds. The molecule has 28 heavy (non-hydrogen) atoms. The van der Waals surface area contributed by atoms with Gasteiger partial charge >= 0.3 is 11.9 Å². The fourth-order valence-corrected chi connectivity index (χ4v) is 2.88. The molecule has 0 saturated heterocycles. The van der Waals surface area contributed by atoms with E-state index in [0.717, 1.165) is 11.4 Å². The maximum atomic E-state index is 11.1. The SMILES string of the molecule is O=C(O)c1ccc(-n2ccnc2-c2nccn2-c2ccc(C(=O)O)cc2)cc1. The van der Waals surface area contributed by atoms with Gasteiger partial charge in [-0.1, -0.05) is 0 Å². The molecule has 2 aromatic carbocycles. The van der Waals surface area contributed by atoms with Crippen molar-refractivity contribution < 1.29 is 19.8 Å². The van der Waals surface area contributed by atoms with Crippen LogP contribution in [0.25, 0.3) is 23.0 Å². The maximum absolute atomic E-state index is 11.1. The minimum absolute atomic E-state index is 0.199. The summed E-state index contributed by atoms with van der Waals surface area (Å²) in [6, 6.07) is 12.9. The number of benzene rings is 2. The predicted octanol–water partition coefficient (Wildman–Crippen LogP) is 3.12. The van der Waals surface area contributed by atoms with Gasteiger partial charge in [-0.05, 0) is 48.5 Å². The third-order valence-corrected chi connectivity index (χ3v) is 4.27. The second-order valence-electron chi connectivity index (χ2n) is 5.95. The molecule has 8 nitrogen and oxygen atoms in total. The molecule has 0 saturated carbocycles. The van der Waals surface area contributed by atoms with E-state index in [1.54, 1.807) is 58.2 Å². The first-order valence-corrected chi connectivity index (χ1v) is 8.29. The van der Waals surface area contributed by atoms with Crippen molar-refractivity contribution in [2.75, 3.05) is 0 Å². The Balaban J connectivity index is 1.74. The van der Waals surface area contributed by atoms with Gasteiger partial charge in [0.15, 0.2) is 11.6 Å². The molecule has 0 radical (unpaired) electrons. The quantitative estimate of drug-likeness (QED) is 0.555. The fourth-order valence-electron chi connectivity index (χ4n) is 2.88. The van der Waals surface area contributed by atoms with Crippen LogP contribution in [0.3, 0.4) is 0 Å². The molecule has 0 unspecified atom stereocenters. The summed E-state index contributed by atoms with van der Waals surface area (Å²) in [5, 5.41) is 18.1. The number of imidazole rings is 2. The monoisotopic (exact) mass is 374 g/mol. The molecule has 0 aliphatic carbocycles. The van der Waals surface area contributed by atoms with Gasteiger partial charge in [0.25, 0.3) is 0 Å². The highest BCUT2D eigenvalue weighted by Gasteiger charge is 2.15. The number of aromatic nitrogens is 4. The molecule has 2 N–H and O–H groups in total. The van der Waals surface area contributed by atoms with Gasteiger partial charge in [-0.25, -0.2) is 19.6 Å². The Morgan fingerprint density at radius 1 is 0.643 bits per heavy atom. The molecule has 0 aliphatic heterocycles. The van der Waals surface area contributed by atoms with Crippen LogP contribution in [-0.4, -0.2) is 41.3 Å². The number of hydrogen-bond acceptors (Lipinski definition) is 4. The van der Waals surface area contributed by atoms with Crippen molar-refractivity contribution in [3.63, 3.8) is 0 Å². The normalized spacial score (nSPS) is 10.7. The third-order valence-electron chi connectivity index (χ3n) is 4.27. The van der Waals surface area contributed by atoms with E-state index in [1.807, 2.05) is 0 Å². The number of hydrogen-bond donors (Lipinski definition) is 2. The topological polar surface area (TPSA) is 110 Å². The molecule has 4 rings (SSSR count). The van der Waals surface area contributed by atoms with E-state index in [9.17, 15) is 9.59 Å². The third kappa shape index (κ3) is 3.03.